The first-order valence-electron chi connectivity index (χ1n) is 13.8. The highest BCUT2D eigenvalue weighted by Gasteiger charge is 2.32. The number of nitrogens with one attached hydrogen (secondary N) is 1. The van der Waals surface area contributed by atoms with Crippen molar-refractivity contribution in [3.05, 3.63) is 99.6 Å². The van der Waals surface area contributed by atoms with Gasteiger partial charge < -0.3 is 19.5 Å². The maximum Gasteiger partial charge on any atom is 0.416 e. The van der Waals surface area contributed by atoms with Gasteiger partial charge in [0.2, 0.25) is 0 Å². The molecule has 0 radical (unpaired) electrons. The molecule has 4 rings (SSSR count). The third-order valence-electron chi connectivity index (χ3n) is 6.86. The van der Waals surface area contributed by atoms with Crippen LogP contribution in [0, 0.1) is 13.8 Å². The van der Waals surface area contributed by atoms with E-state index >= 15 is 0 Å². The molecule has 1 heterocycles. The number of rotatable bonds is 11. The van der Waals surface area contributed by atoms with Crippen LogP contribution < -0.4 is 14.8 Å². The number of benzene rings is 3. The number of halogens is 3. The molecular weight excluding hydrogens is 577 g/mol. The van der Waals surface area contributed by atoms with E-state index in [0.29, 0.717) is 28.6 Å². The van der Waals surface area contributed by atoms with Crippen LogP contribution in [-0.2, 0) is 22.3 Å². The molecule has 0 fully saturated rings. The summed E-state index contributed by atoms with van der Waals surface area (Å²) >= 11 is 1.44. The minimum atomic E-state index is -4.40. The third-order valence-corrected chi connectivity index (χ3v) is 8.13. The first kappa shape index (κ1) is 32.0. The van der Waals surface area contributed by atoms with Gasteiger partial charge in [0, 0.05) is 17.0 Å². The highest BCUT2D eigenvalue weighted by molar-refractivity contribution is 7.15. The molecule has 1 unspecified atom stereocenters. The topological polar surface area (TPSA) is 69.7 Å². The summed E-state index contributed by atoms with van der Waals surface area (Å²) in [5.41, 5.74) is 2.39. The standard InChI is InChI=1S/C33H35F3N2O4S/c1-7-41-31(39)32(4,5)42-27-16-11-22(17-20(27)2)19-37-28(24-9-8-10-26(18-24)40-6)29-21(3)38-30(43-29)23-12-14-25(15-13-23)33(34,35)36/h8-18,28,37H,7,19H2,1-6H3. The molecule has 0 aliphatic rings. The highest BCUT2D eigenvalue weighted by atomic mass is 32.1. The summed E-state index contributed by atoms with van der Waals surface area (Å²) in [5, 5.41) is 4.27. The van der Waals surface area contributed by atoms with E-state index in [9.17, 15) is 18.0 Å². The van der Waals surface area contributed by atoms with Gasteiger partial charge in [-0.05, 0) is 81.6 Å². The smallest absolute Gasteiger partial charge is 0.416 e. The van der Waals surface area contributed by atoms with Gasteiger partial charge in [-0.1, -0.05) is 36.4 Å². The lowest BCUT2D eigenvalue weighted by Crippen LogP contribution is -2.39. The first-order chi connectivity index (χ1) is 20.3. The Kier molecular flexibility index (Phi) is 9.82. The SMILES string of the molecule is CCOC(=O)C(C)(C)Oc1ccc(CNC(c2cccc(OC)c2)c2sc(-c3ccc(C(F)(F)F)cc3)nc2C)cc1C. The monoisotopic (exact) mass is 612 g/mol. The van der Waals surface area contributed by atoms with E-state index in [0.717, 1.165) is 39.4 Å². The van der Waals surface area contributed by atoms with Crippen molar-refractivity contribution in [1.29, 1.82) is 0 Å². The van der Waals surface area contributed by atoms with E-state index in [1.807, 2.05) is 56.3 Å². The van der Waals surface area contributed by atoms with Crippen molar-refractivity contribution in [3.63, 3.8) is 0 Å². The minimum absolute atomic E-state index is 0.269. The Morgan fingerprint density at radius 3 is 2.37 bits per heavy atom. The zero-order valence-electron chi connectivity index (χ0n) is 25.0. The van der Waals surface area contributed by atoms with Gasteiger partial charge >= 0.3 is 12.1 Å². The van der Waals surface area contributed by atoms with Crippen LogP contribution in [0.3, 0.4) is 0 Å². The number of esters is 1. The molecule has 1 atom stereocenters. The second-order valence-corrected chi connectivity index (χ2v) is 11.6. The highest BCUT2D eigenvalue weighted by Crippen LogP contribution is 2.37. The largest absolute Gasteiger partial charge is 0.497 e. The average Bonchev–Trinajstić information content (AvgIpc) is 3.35. The van der Waals surface area contributed by atoms with Gasteiger partial charge in [-0.2, -0.15) is 13.2 Å². The van der Waals surface area contributed by atoms with Gasteiger partial charge in [-0.3, -0.25) is 0 Å². The number of methoxy groups -OCH3 is 1. The van der Waals surface area contributed by atoms with Crippen LogP contribution >= 0.6 is 11.3 Å². The van der Waals surface area contributed by atoms with Gasteiger partial charge in [-0.25, -0.2) is 9.78 Å². The molecule has 0 spiro atoms. The molecule has 0 bridgehead atoms. The molecule has 0 amide bonds. The van der Waals surface area contributed by atoms with Crippen molar-refractivity contribution in [1.82, 2.24) is 10.3 Å². The summed E-state index contributed by atoms with van der Waals surface area (Å²) in [4.78, 5) is 18.0. The Morgan fingerprint density at radius 1 is 1.02 bits per heavy atom. The summed E-state index contributed by atoms with van der Waals surface area (Å²) in [5.74, 6) is 0.860. The maximum absolute atomic E-state index is 13.1. The summed E-state index contributed by atoms with van der Waals surface area (Å²) in [6.07, 6.45) is -4.40. The van der Waals surface area contributed by atoms with Gasteiger partial charge in [0.05, 0.1) is 31.0 Å². The fourth-order valence-corrected chi connectivity index (χ4v) is 5.74. The van der Waals surface area contributed by atoms with Crippen LogP contribution in [0.4, 0.5) is 13.2 Å². The Balaban J connectivity index is 1.60. The molecule has 10 heteroatoms. The number of thiazole rings is 1. The molecule has 4 aromatic rings. The maximum atomic E-state index is 13.1. The lowest BCUT2D eigenvalue weighted by molar-refractivity contribution is -0.158. The molecule has 0 aliphatic heterocycles. The van der Waals surface area contributed by atoms with Crippen LogP contribution in [0.25, 0.3) is 10.6 Å². The summed E-state index contributed by atoms with van der Waals surface area (Å²) in [6.45, 7) is 9.69. The number of hydrogen-bond donors (Lipinski definition) is 1. The number of aryl methyl sites for hydroxylation is 2. The molecule has 3 aromatic carbocycles. The minimum Gasteiger partial charge on any atom is -0.497 e. The Bertz CT molecular complexity index is 1570. The predicted octanol–water partition coefficient (Wildman–Crippen LogP) is 8.05. The number of carbonyl (C=O) groups excluding carboxylic acids is 1. The van der Waals surface area contributed by atoms with Crippen LogP contribution in [0.2, 0.25) is 0 Å². The Labute approximate surface area is 253 Å². The van der Waals surface area contributed by atoms with Gasteiger partial charge in [0.1, 0.15) is 16.5 Å². The molecule has 1 aromatic heterocycles. The van der Waals surface area contributed by atoms with Crippen molar-refractivity contribution in [2.75, 3.05) is 13.7 Å². The fraction of sp³-hybridized carbons (Fsp3) is 0.333. The van der Waals surface area contributed by atoms with Gasteiger partial charge in [0.25, 0.3) is 0 Å². The average molecular weight is 613 g/mol. The van der Waals surface area contributed by atoms with E-state index in [1.54, 1.807) is 27.9 Å². The molecule has 43 heavy (non-hydrogen) atoms. The second-order valence-electron chi connectivity index (χ2n) is 10.6. The number of hydrogen-bond acceptors (Lipinski definition) is 7. The summed E-state index contributed by atoms with van der Waals surface area (Å²) < 4.78 is 55.9. The van der Waals surface area contributed by atoms with Crippen LogP contribution in [0.1, 0.15) is 59.6 Å². The number of carbonyl (C=O) groups is 1. The van der Waals surface area contributed by atoms with E-state index in [2.05, 4.69) is 5.32 Å². The fourth-order valence-electron chi connectivity index (χ4n) is 4.56. The van der Waals surface area contributed by atoms with Crippen LogP contribution in [0.5, 0.6) is 11.5 Å². The van der Waals surface area contributed by atoms with Gasteiger partial charge in [-0.15, -0.1) is 11.3 Å². The predicted molar refractivity (Wildman–Crippen MR) is 161 cm³/mol. The lowest BCUT2D eigenvalue weighted by atomic mass is 10.0. The zero-order valence-corrected chi connectivity index (χ0v) is 25.8. The molecule has 1 N–H and O–H groups in total. The number of nitrogens with zero attached hydrogens (tertiary/aromatic N) is 1. The van der Waals surface area contributed by atoms with Crippen molar-refractivity contribution in [2.24, 2.45) is 0 Å². The second kappa shape index (κ2) is 13.2. The Hall–Kier alpha value is -3.89. The number of aromatic nitrogens is 1. The number of alkyl halides is 3. The Morgan fingerprint density at radius 2 is 1.74 bits per heavy atom. The molecule has 0 saturated heterocycles. The molecule has 0 saturated carbocycles. The van der Waals surface area contributed by atoms with Crippen molar-refractivity contribution < 1.29 is 32.2 Å². The van der Waals surface area contributed by atoms with Crippen LogP contribution in [0.15, 0.2) is 66.7 Å². The normalized spacial score (nSPS) is 12.6. The number of ether oxygens (including phenoxy) is 3. The zero-order chi connectivity index (χ0) is 31.4. The van der Waals surface area contributed by atoms with E-state index in [-0.39, 0.29) is 12.6 Å². The van der Waals surface area contributed by atoms with Crippen LogP contribution in [-0.4, -0.2) is 30.3 Å². The van der Waals surface area contributed by atoms with E-state index < -0.39 is 23.3 Å². The third kappa shape index (κ3) is 7.74. The quantitative estimate of drug-likeness (QED) is 0.173. The molecule has 228 valence electrons. The van der Waals surface area contributed by atoms with Crippen molar-refractivity contribution in [2.45, 2.75) is 59.0 Å². The molecule has 0 aliphatic carbocycles. The lowest BCUT2D eigenvalue weighted by Gasteiger charge is -2.25. The van der Waals surface area contributed by atoms with E-state index in [4.69, 9.17) is 19.2 Å². The summed E-state index contributed by atoms with van der Waals surface area (Å²) in [7, 11) is 1.61. The van der Waals surface area contributed by atoms with Crippen molar-refractivity contribution >= 4 is 17.3 Å². The molecule has 6 nitrogen and oxygen atoms in total. The molecular formula is C33H35F3N2O4S. The van der Waals surface area contributed by atoms with Crippen molar-refractivity contribution in [3.8, 4) is 22.1 Å². The summed E-state index contributed by atoms with van der Waals surface area (Å²) in [6, 6.07) is 18.3. The van der Waals surface area contributed by atoms with E-state index in [1.165, 1.54) is 23.5 Å². The van der Waals surface area contributed by atoms with Gasteiger partial charge in [0.15, 0.2) is 5.60 Å². The first-order valence-corrected chi connectivity index (χ1v) is 14.6.